The normalized spacial score (nSPS) is 16.6. The average molecular weight is 496 g/mol. The molecule has 6 nitrogen and oxygen atoms in total. The van der Waals surface area contributed by atoms with Crippen LogP contribution in [0.25, 0.3) is 0 Å². The second-order valence-electron chi connectivity index (χ2n) is 6.71. The number of rotatable bonds is 7. The van der Waals surface area contributed by atoms with Gasteiger partial charge in [0.2, 0.25) is 5.88 Å². The summed E-state index contributed by atoms with van der Waals surface area (Å²) in [5.74, 6) is 2.09. The van der Waals surface area contributed by atoms with Crippen LogP contribution >= 0.6 is 24.0 Å². The summed E-state index contributed by atoms with van der Waals surface area (Å²) >= 11 is 0. The molecule has 3 rings (SSSR count). The number of halogens is 1. The third-order valence-corrected chi connectivity index (χ3v) is 4.72. The third kappa shape index (κ3) is 6.63. The number of nitrogens with one attached hydrogen (secondary N) is 1. The smallest absolute Gasteiger partial charge is 0.213 e. The first-order valence-electron chi connectivity index (χ1n) is 9.34. The van der Waals surface area contributed by atoms with Crippen LogP contribution < -0.4 is 10.1 Å². The van der Waals surface area contributed by atoms with Crippen LogP contribution in [0.1, 0.15) is 17.5 Å². The van der Waals surface area contributed by atoms with E-state index in [0.717, 1.165) is 37.6 Å². The topological polar surface area (TPSA) is 59.0 Å². The number of benzene rings is 1. The van der Waals surface area contributed by atoms with Gasteiger partial charge in [0.1, 0.15) is 0 Å². The molecule has 0 aliphatic carbocycles. The fourth-order valence-electron chi connectivity index (χ4n) is 3.26. The monoisotopic (exact) mass is 496 g/mol. The molecule has 1 fully saturated rings. The number of nitrogens with zero attached hydrogens (tertiary/aromatic N) is 3. The van der Waals surface area contributed by atoms with Crippen LogP contribution in [-0.2, 0) is 17.9 Å². The second-order valence-corrected chi connectivity index (χ2v) is 6.71. The van der Waals surface area contributed by atoms with Crippen molar-refractivity contribution in [2.24, 2.45) is 10.9 Å². The predicted octanol–water partition coefficient (Wildman–Crippen LogP) is 3.32. The van der Waals surface area contributed by atoms with Crippen LogP contribution in [0.3, 0.4) is 0 Å². The lowest BCUT2D eigenvalue weighted by Crippen LogP contribution is -2.39. The van der Waals surface area contributed by atoms with Crippen LogP contribution in [0.5, 0.6) is 5.88 Å². The summed E-state index contributed by atoms with van der Waals surface area (Å²) in [4.78, 5) is 10.9. The van der Waals surface area contributed by atoms with Gasteiger partial charge in [-0.15, -0.1) is 24.0 Å². The van der Waals surface area contributed by atoms with Gasteiger partial charge in [0.15, 0.2) is 5.96 Å². The van der Waals surface area contributed by atoms with E-state index in [-0.39, 0.29) is 24.0 Å². The number of guanidine groups is 1. The lowest BCUT2D eigenvalue weighted by molar-refractivity contribution is 0.0906. The molecule has 1 aliphatic heterocycles. The van der Waals surface area contributed by atoms with Gasteiger partial charge in [-0.2, -0.15) is 0 Å². The van der Waals surface area contributed by atoms with Crippen molar-refractivity contribution in [1.29, 1.82) is 0 Å². The van der Waals surface area contributed by atoms with E-state index in [9.17, 15) is 0 Å². The number of methoxy groups -OCH3 is 1. The molecule has 28 heavy (non-hydrogen) atoms. The molecule has 0 saturated carbocycles. The Kier molecular flexibility index (Phi) is 9.49. The first-order chi connectivity index (χ1) is 13.3. The van der Waals surface area contributed by atoms with Crippen molar-refractivity contribution < 1.29 is 9.47 Å². The maximum absolute atomic E-state index is 5.91. The number of hydrogen-bond donors (Lipinski definition) is 1. The molecule has 1 aliphatic rings. The average Bonchev–Trinajstić information content (AvgIpc) is 3.18. The first kappa shape index (κ1) is 22.4. The van der Waals surface area contributed by atoms with Crippen LogP contribution in [0, 0.1) is 5.92 Å². The highest BCUT2D eigenvalue weighted by molar-refractivity contribution is 14.0. The quantitative estimate of drug-likeness (QED) is 0.362. The molecule has 0 radical (unpaired) electrons. The molecule has 0 spiro atoms. The van der Waals surface area contributed by atoms with Crippen molar-refractivity contribution >= 4 is 29.9 Å². The van der Waals surface area contributed by atoms with E-state index >= 15 is 0 Å². The third-order valence-electron chi connectivity index (χ3n) is 4.72. The van der Waals surface area contributed by atoms with E-state index in [1.165, 1.54) is 5.56 Å². The highest BCUT2D eigenvalue weighted by Crippen LogP contribution is 2.17. The Morgan fingerprint density at radius 3 is 2.82 bits per heavy atom. The molecular formula is C21H29IN4O2. The molecule has 0 bridgehead atoms. The predicted molar refractivity (Wildman–Crippen MR) is 122 cm³/mol. The van der Waals surface area contributed by atoms with E-state index in [2.05, 4.69) is 32.3 Å². The summed E-state index contributed by atoms with van der Waals surface area (Å²) in [5, 5.41) is 3.43. The molecule has 1 aromatic carbocycles. The minimum Gasteiger partial charge on any atom is -0.481 e. The second kappa shape index (κ2) is 11.9. The zero-order valence-corrected chi connectivity index (χ0v) is 18.8. The fraction of sp³-hybridized carbons (Fsp3) is 0.429. The number of aromatic nitrogens is 1. The van der Waals surface area contributed by atoms with Gasteiger partial charge in [-0.25, -0.2) is 4.98 Å². The zero-order valence-electron chi connectivity index (χ0n) is 16.5. The number of aliphatic imine (C=N–C) groups is 1. The molecule has 152 valence electrons. The lowest BCUT2D eigenvalue weighted by atomic mass is 10.1. The molecule has 1 aromatic heterocycles. The highest BCUT2D eigenvalue weighted by Gasteiger charge is 2.24. The summed E-state index contributed by atoms with van der Waals surface area (Å²) in [7, 11) is 3.46. The maximum atomic E-state index is 5.91. The zero-order chi connectivity index (χ0) is 18.9. The minimum absolute atomic E-state index is 0. The van der Waals surface area contributed by atoms with Gasteiger partial charge < -0.3 is 19.7 Å². The summed E-state index contributed by atoms with van der Waals surface area (Å²) in [6.45, 7) is 4.11. The summed E-state index contributed by atoms with van der Waals surface area (Å²) < 4.78 is 11.1. The maximum Gasteiger partial charge on any atom is 0.213 e. The van der Waals surface area contributed by atoms with E-state index in [1.54, 1.807) is 13.3 Å². The number of pyridine rings is 1. The van der Waals surface area contributed by atoms with E-state index in [4.69, 9.17) is 9.47 Å². The standard InChI is InChI=1S/C21H28N4O2.HI/c1-22-21(24-13-18-8-10-23-20(12-18)26-2)25-11-9-19(14-25)16-27-15-17-6-4-3-5-7-17;/h3-8,10,12,19H,9,11,13-16H2,1-2H3,(H,22,24);1H. The summed E-state index contributed by atoms with van der Waals surface area (Å²) in [5.41, 5.74) is 2.34. The molecule has 2 aromatic rings. The number of ether oxygens (including phenoxy) is 2. The number of hydrogen-bond acceptors (Lipinski definition) is 4. The molecule has 1 unspecified atom stereocenters. The van der Waals surface area contributed by atoms with E-state index in [1.807, 2.05) is 37.4 Å². The van der Waals surface area contributed by atoms with Gasteiger partial charge in [0, 0.05) is 44.9 Å². The van der Waals surface area contributed by atoms with E-state index < -0.39 is 0 Å². The molecule has 1 saturated heterocycles. The van der Waals surface area contributed by atoms with Crippen molar-refractivity contribution in [2.75, 3.05) is 33.9 Å². The van der Waals surface area contributed by atoms with Gasteiger partial charge in [-0.05, 0) is 23.6 Å². The lowest BCUT2D eigenvalue weighted by Gasteiger charge is -2.22. The van der Waals surface area contributed by atoms with E-state index in [0.29, 0.717) is 24.9 Å². The van der Waals surface area contributed by atoms with Gasteiger partial charge in [-0.3, -0.25) is 4.99 Å². The summed E-state index contributed by atoms with van der Waals surface area (Å²) in [6, 6.07) is 14.2. The van der Waals surface area contributed by atoms with Crippen molar-refractivity contribution in [1.82, 2.24) is 15.2 Å². The van der Waals surface area contributed by atoms with Crippen LogP contribution in [0.4, 0.5) is 0 Å². The molecule has 0 amide bonds. The molecule has 1 N–H and O–H groups in total. The minimum atomic E-state index is 0. The highest BCUT2D eigenvalue weighted by atomic mass is 127. The van der Waals surface area contributed by atoms with Crippen LogP contribution in [0.2, 0.25) is 0 Å². The van der Waals surface area contributed by atoms with Crippen LogP contribution in [-0.4, -0.2) is 49.7 Å². The largest absolute Gasteiger partial charge is 0.481 e. The number of likely N-dealkylation sites (tertiary alicyclic amines) is 1. The Bertz CT molecular complexity index is 742. The molecule has 2 heterocycles. The molecular weight excluding hydrogens is 467 g/mol. The summed E-state index contributed by atoms with van der Waals surface area (Å²) in [6.07, 6.45) is 2.88. The SMILES string of the molecule is CN=C(NCc1ccnc(OC)c1)N1CCC(COCc2ccccc2)C1.I. The Balaban J connectivity index is 0.00000280. The Labute approximate surface area is 184 Å². The van der Waals surface area contributed by atoms with Gasteiger partial charge in [0.05, 0.1) is 20.3 Å². The van der Waals surface area contributed by atoms with Gasteiger partial charge >= 0.3 is 0 Å². The Morgan fingerprint density at radius 1 is 1.25 bits per heavy atom. The van der Waals surface area contributed by atoms with Crippen molar-refractivity contribution in [2.45, 2.75) is 19.6 Å². The van der Waals surface area contributed by atoms with Crippen molar-refractivity contribution in [3.63, 3.8) is 0 Å². The van der Waals surface area contributed by atoms with Gasteiger partial charge in [-0.1, -0.05) is 30.3 Å². The molecule has 7 heteroatoms. The van der Waals surface area contributed by atoms with Gasteiger partial charge in [0.25, 0.3) is 0 Å². The fourth-order valence-corrected chi connectivity index (χ4v) is 3.26. The van der Waals surface area contributed by atoms with Crippen molar-refractivity contribution in [3.05, 3.63) is 59.8 Å². The molecule has 1 atom stereocenters. The van der Waals surface area contributed by atoms with Crippen molar-refractivity contribution in [3.8, 4) is 5.88 Å². The first-order valence-corrected chi connectivity index (χ1v) is 9.34. The van der Waals surface area contributed by atoms with Crippen LogP contribution in [0.15, 0.2) is 53.7 Å². The Morgan fingerprint density at radius 2 is 2.07 bits per heavy atom. The Hall–Kier alpha value is -1.87.